The van der Waals surface area contributed by atoms with Gasteiger partial charge >= 0.3 is 0 Å². The van der Waals surface area contributed by atoms with Crippen LogP contribution in [0.1, 0.15) is 80.1 Å². The Bertz CT molecular complexity index is 170. The van der Waals surface area contributed by atoms with Crippen LogP contribution in [0.5, 0.6) is 0 Å². The van der Waals surface area contributed by atoms with Crippen LogP contribution in [0.3, 0.4) is 0 Å². The van der Waals surface area contributed by atoms with Crippen LogP contribution >= 0.6 is 0 Å². The zero-order chi connectivity index (χ0) is 14.0. The van der Waals surface area contributed by atoms with E-state index in [0.717, 1.165) is 30.3 Å². The largest absolute Gasteiger partial charge is 0.314 e. The van der Waals surface area contributed by atoms with Gasteiger partial charge in [-0.2, -0.15) is 0 Å². The van der Waals surface area contributed by atoms with Crippen LogP contribution in [0, 0.1) is 17.8 Å². The van der Waals surface area contributed by atoms with Gasteiger partial charge in [0.25, 0.3) is 0 Å². The fourth-order valence-corrected chi connectivity index (χ4v) is 3.33. The van der Waals surface area contributed by atoms with Crippen LogP contribution in [0.4, 0.5) is 0 Å². The van der Waals surface area contributed by atoms with Gasteiger partial charge in [-0.05, 0) is 50.0 Å². The highest BCUT2D eigenvalue weighted by Gasteiger charge is 2.21. The first kappa shape index (κ1) is 18.0. The minimum Gasteiger partial charge on any atom is -0.314 e. The topological polar surface area (TPSA) is 12.0 Å². The van der Waals surface area contributed by atoms with Gasteiger partial charge < -0.3 is 5.32 Å². The Hall–Kier alpha value is -0.0400. The monoisotopic (exact) mass is 255 g/mol. The summed E-state index contributed by atoms with van der Waals surface area (Å²) >= 11 is 0. The molecule has 1 N–H and O–H groups in total. The van der Waals surface area contributed by atoms with E-state index in [1.54, 1.807) is 0 Å². The Morgan fingerprint density at radius 3 is 1.78 bits per heavy atom. The second-order valence-corrected chi connectivity index (χ2v) is 6.47. The Morgan fingerprint density at radius 2 is 1.39 bits per heavy atom. The van der Waals surface area contributed by atoms with Crippen molar-refractivity contribution in [1.82, 2.24) is 5.32 Å². The smallest absolute Gasteiger partial charge is 0.00977 e. The van der Waals surface area contributed by atoms with Gasteiger partial charge in [-0.25, -0.2) is 0 Å². The molecule has 0 aromatic carbocycles. The summed E-state index contributed by atoms with van der Waals surface area (Å²) in [6, 6.07) is 0.739. The fourth-order valence-electron chi connectivity index (χ4n) is 3.33. The third-order valence-corrected chi connectivity index (χ3v) is 3.88. The molecule has 0 spiro atoms. The van der Waals surface area contributed by atoms with Gasteiger partial charge in [-0.15, -0.1) is 0 Å². The zero-order valence-corrected chi connectivity index (χ0v) is 13.8. The predicted molar refractivity (Wildman–Crippen MR) is 84.0 cm³/mol. The Labute approximate surface area is 116 Å². The van der Waals surface area contributed by atoms with Crippen molar-refractivity contribution in [3.8, 4) is 0 Å². The average molecular weight is 255 g/mol. The quantitative estimate of drug-likeness (QED) is 0.531. The lowest BCUT2D eigenvalue weighted by molar-refractivity contribution is 0.257. The zero-order valence-electron chi connectivity index (χ0n) is 13.8. The summed E-state index contributed by atoms with van der Waals surface area (Å²) in [5.74, 6) is 2.57. The van der Waals surface area contributed by atoms with E-state index in [9.17, 15) is 0 Å². The summed E-state index contributed by atoms with van der Waals surface area (Å²) in [5, 5.41) is 3.76. The molecule has 2 atom stereocenters. The standard InChI is InChI=1S/C17H37N/c1-7-10-16(11-8-2)17(18-9-3)13-15(6)12-14(4)5/h14-18H,7-13H2,1-6H3. The Kier molecular flexibility index (Phi) is 10.8. The van der Waals surface area contributed by atoms with Crippen LogP contribution in [0.25, 0.3) is 0 Å². The molecule has 0 saturated heterocycles. The van der Waals surface area contributed by atoms with Crippen molar-refractivity contribution >= 4 is 0 Å². The highest BCUT2D eigenvalue weighted by molar-refractivity contribution is 4.78. The van der Waals surface area contributed by atoms with E-state index in [1.807, 2.05) is 0 Å². The summed E-state index contributed by atoms with van der Waals surface area (Å²) in [6.45, 7) is 15.1. The SMILES string of the molecule is CCCC(CCC)C(CC(C)CC(C)C)NCC. The first-order valence-electron chi connectivity index (χ1n) is 8.28. The molecule has 18 heavy (non-hydrogen) atoms. The van der Waals surface area contributed by atoms with Crippen LogP contribution in [-0.4, -0.2) is 12.6 Å². The first-order valence-corrected chi connectivity index (χ1v) is 8.28. The molecule has 0 rings (SSSR count). The molecule has 1 nitrogen and oxygen atoms in total. The van der Waals surface area contributed by atoms with Crippen molar-refractivity contribution in [3.63, 3.8) is 0 Å². The summed E-state index contributed by atoms with van der Waals surface area (Å²) in [5.41, 5.74) is 0. The normalized spacial score (nSPS) is 15.3. The molecule has 0 bridgehead atoms. The molecule has 0 aromatic rings. The van der Waals surface area contributed by atoms with Crippen molar-refractivity contribution in [2.75, 3.05) is 6.54 Å². The van der Waals surface area contributed by atoms with E-state index in [2.05, 4.69) is 46.9 Å². The molecule has 2 unspecified atom stereocenters. The number of nitrogens with one attached hydrogen (secondary N) is 1. The third kappa shape index (κ3) is 8.13. The molecular weight excluding hydrogens is 218 g/mol. The van der Waals surface area contributed by atoms with Crippen LogP contribution in [-0.2, 0) is 0 Å². The first-order chi connectivity index (χ1) is 8.54. The summed E-state index contributed by atoms with van der Waals surface area (Å²) in [6.07, 6.45) is 8.15. The van der Waals surface area contributed by atoms with E-state index >= 15 is 0 Å². The maximum atomic E-state index is 3.76. The maximum Gasteiger partial charge on any atom is 0.00977 e. The number of rotatable bonds is 11. The van der Waals surface area contributed by atoms with Gasteiger partial charge in [0.2, 0.25) is 0 Å². The van der Waals surface area contributed by atoms with Gasteiger partial charge in [0, 0.05) is 6.04 Å². The lowest BCUT2D eigenvalue weighted by atomic mass is 9.83. The molecule has 0 aromatic heterocycles. The van der Waals surface area contributed by atoms with Gasteiger partial charge in [0.15, 0.2) is 0 Å². The van der Waals surface area contributed by atoms with Crippen molar-refractivity contribution in [1.29, 1.82) is 0 Å². The second kappa shape index (κ2) is 10.8. The van der Waals surface area contributed by atoms with Gasteiger partial charge in [-0.3, -0.25) is 0 Å². The van der Waals surface area contributed by atoms with Gasteiger partial charge in [0.1, 0.15) is 0 Å². The lowest BCUT2D eigenvalue weighted by Gasteiger charge is -2.30. The van der Waals surface area contributed by atoms with E-state index in [-0.39, 0.29) is 0 Å². The van der Waals surface area contributed by atoms with Crippen LogP contribution in [0.2, 0.25) is 0 Å². The minimum atomic E-state index is 0.739. The molecule has 0 heterocycles. The van der Waals surface area contributed by atoms with Crippen LogP contribution < -0.4 is 5.32 Å². The predicted octanol–water partition coefficient (Wildman–Crippen LogP) is 5.25. The Balaban J connectivity index is 4.39. The molecule has 0 aliphatic rings. The molecule has 0 saturated carbocycles. The van der Waals surface area contributed by atoms with Crippen molar-refractivity contribution in [3.05, 3.63) is 0 Å². The highest BCUT2D eigenvalue weighted by atomic mass is 14.9. The van der Waals surface area contributed by atoms with E-state index in [0.29, 0.717) is 0 Å². The van der Waals surface area contributed by atoms with Gasteiger partial charge in [0.05, 0.1) is 0 Å². The van der Waals surface area contributed by atoms with Gasteiger partial charge in [-0.1, -0.05) is 54.4 Å². The number of hydrogen-bond acceptors (Lipinski definition) is 1. The molecule has 0 amide bonds. The second-order valence-electron chi connectivity index (χ2n) is 6.47. The minimum absolute atomic E-state index is 0.739. The van der Waals surface area contributed by atoms with Crippen molar-refractivity contribution in [2.45, 2.75) is 86.1 Å². The lowest BCUT2D eigenvalue weighted by Crippen LogP contribution is -2.37. The summed E-state index contributed by atoms with van der Waals surface area (Å²) < 4.78 is 0. The van der Waals surface area contributed by atoms with Crippen LogP contribution in [0.15, 0.2) is 0 Å². The molecule has 110 valence electrons. The average Bonchev–Trinajstić information content (AvgIpc) is 2.27. The van der Waals surface area contributed by atoms with Crippen molar-refractivity contribution in [2.24, 2.45) is 17.8 Å². The van der Waals surface area contributed by atoms with Crippen molar-refractivity contribution < 1.29 is 0 Å². The van der Waals surface area contributed by atoms with E-state index in [4.69, 9.17) is 0 Å². The molecule has 0 radical (unpaired) electrons. The van der Waals surface area contributed by atoms with E-state index < -0.39 is 0 Å². The molecule has 0 fully saturated rings. The summed E-state index contributed by atoms with van der Waals surface area (Å²) in [7, 11) is 0. The summed E-state index contributed by atoms with van der Waals surface area (Å²) in [4.78, 5) is 0. The van der Waals surface area contributed by atoms with E-state index in [1.165, 1.54) is 38.5 Å². The Morgan fingerprint density at radius 1 is 0.833 bits per heavy atom. The highest BCUT2D eigenvalue weighted by Crippen LogP contribution is 2.25. The molecular formula is C17H37N. The molecule has 0 aliphatic carbocycles. The maximum absolute atomic E-state index is 3.76. The number of hydrogen-bond donors (Lipinski definition) is 1. The molecule has 0 aliphatic heterocycles. The fraction of sp³-hybridized carbons (Fsp3) is 1.00. The molecule has 1 heteroatoms. The third-order valence-electron chi connectivity index (χ3n) is 3.88.